The number of anilines is 2. The van der Waals surface area contributed by atoms with Crippen LogP contribution in [0.5, 0.6) is 5.75 Å². The molecule has 7 heteroatoms. The molecule has 0 unspecified atom stereocenters. The van der Waals surface area contributed by atoms with E-state index in [0.717, 1.165) is 0 Å². The maximum Gasteiger partial charge on any atom is 0.255 e. The van der Waals surface area contributed by atoms with Gasteiger partial charge in [0.1, 0.15) is 11.6 Å². The van der Waals surface area contributed by atoms with Gasteiger partial charge in [-0.3, -0.25) is 9.59 Å². The Morgan fingerprint density at radius 1 is 1.05 bits per heavy atom. The van der Waals surface area contributed by atoms with Crippen LogP contribution in [0.25, 0.3) is 0 Å². The Morgan fingerprint density at radius 3 is 2.36 bits per heavy atom. The van der Waals surface area contributed by atoms with E-state index in [0.29, 0.717) is 5.56 Å². The van der Waals surface area contributed by atoms with Gasteiger partial charge in [-0.15, -0.1) is 11.6 Å². The number of aromatic hydroxyl groups is 1. The van der Waals surface area contributed by atoms with Crippen LogP contribution in [0.4, 0.5) is 11.4 Å². The van der Waals surface area contributed by atoms with E-state index in [4.69, 9.17) is 23.2 Å². The number of halogens is 2. The van der Waals surface area contributed by atoms with E-state index < -0.39 is 5.91 Å². The van der Waals surface area contributed by atoms with E-state index in [1.165, 1.54) is 12.1 Å². The first-order valence-corrected chi connectivity index (χ1v) is 7.17. The zero-order valence-corrected chi connectivity index (χ0v) is 12.8. The normalized spacial score (nSPS) is 10.1. The summed E-state index contributed by atoms with van der Waals surface area (Å²) in [6.07, 6.45) is 0. The molecule has 2 aromatic carbocycles. The molecule has 2 aromatic rings. The number of alkyl halides is 1. The molecule has 114 valence electrons. The van der Waals surface area contributed by atoms with Gasteiger partial charge in [-0.05, 0) is 18.2 Å². The summed E-state index contributed by atoms with van der Waals surface area (Å²) in [7, 11) is 0. The second kappa shape index (κ2) is 7.15. The molecule has 0 saturated heterocycles. The van der Waals surface area contributed by atoms with Gasteiger partial charge in [0.25, 0.3) is 5.91 Å². The van der Waals surface area contributed by atoms with Gasteiger partial charge < -0.3 is 15.7 Å². The van der Waals surface area contributed by atoms with Crippen molar-refractivity contribution in [2.75, 3.05) is 16.5 Å². The van der Waals surface area contributed by atoms with Crippen LogP contribution in [0.15, 0.2) is 42.5 Å². The molecular formula is C15H12Cl2N2O3. The van der Waals surface area contributed by atoms with E-state index in [-0.39, 0.29) is 33.9 Å². The Labute approximate surface area is 136 Å². The number of phenols is 1. The highest BCUT2D eigenvalue weighted by Gasteiger charge is 2.13. The molecular weight excluding hydrogens is 327 g/mol. The van der Waals surface area contributed by atoms with Crippen LogP contribution in [-0.2, 0) is 4.79 Å². The number of nitrogens with one attached hydrogen (secondary N) is 2. The van der Waals surface area contributed by atoms with Crippen LogP contribution in [0.1, 0.15) is 10.4 Å². The molecule has 0 fully saturated rings. The molecule has 0 aliphatic rings. The lowest BCUT2D eigenvalue weighted by atomic mass is 10.2. The molecule has 0 aromatic heterocycles. The predicted octanol–water partition coefficient (Wildman–Crippen LogP) is 3.48. The minimum atomic E-state index is -0.455. The predicted molar refractivity (Wildman–Crippen MR) is 86.9 cm³/mol. The standard InChI is InChI=1S/C15H12Cl2N2O3/c16-8-14(21)18-11-7-13(20)12(6-10(11)17)19-15(22)9-4-2-1-3-5-9/h1-7,20H,8H2,(H,18,21)(H,19,22). The third-order valence-electron chi connectivity index (χ3n) is 2.77. The Balaban J connectivity index is 2.20. The zero-order valence-electron chi connectivity index (χ0n) is 11.3. The van der Waals surface area contributed by atoms with Crippen LogP contribution < -0.4 is 10.6 Å². The maximum absolute atomic E-state index is 12.0. The van der Waals surface area contributed by atoms with E-state index in [2.05, 4.69) is 10.6 Å². The number of carbonyl (C=O) groups is 2. The van der Waals surface area contributed by atoms with Crippen molar-refractivity contribution in [2.45, 2.75) is 0 Å². The molecule has 0 aliphatic heterocycles. The largest absolute Gasteiger partial charge is 0.506 e. The molecule has 0 atom stereocenters. The summed E-state index contributed by atoms with van der Waals surface area (Å²) >= 11 is 11.4. The van der Waals surface area contributed by atoms with Gasteiger partial charge in [0.15, 0.2) is 0 Å². The average Bonchev–Trinajstić information content (AvgIpc) is 2.52. The fourth-order valence-electron chi connectivity index (χ4n) is 1.73. The Morgan fingerprint density at radius 2 is 1.73 bits per heavy atom. The summed E-state index contributed by atoms with van der Waals surface area (Å²) in [5.41, 5.74) is 0.794. The Bertz CT molecular complexity index is 705. The third-order valence-corrected chi connectivity index (χ3v) is 3.32. The third kappa shape index (κ3) is 3.90. The number of phenolic OH excluding ortho intramolecular Hbond substituents is 1. The van der Waals surface area contributed by atoms with Gasteiger partial charge >= 0.3 is 0 Å². The van der Waals surface area contributed by atoms with Crippen molar-refractivity contribution in [1.29, 1.82) is 0 Å². The van der Waals surface area contributed by atoms with E-state index >= 15 is 0 Å². The van der Waals surface area contributed by atoms with Crippen molar-refractivity contribution in [2.24, 2.45) is 0 Å². The number of carbonyl (C=O) groups excluding carboxylic acids is 2. The topological polar surface area (TPSA) is 78.4 Å². The smallest absolute Gasteiger partial charge is 0.255 e. The molecule has 0 radical (unpaired) electrons. The first-order chi connectivity index (χ1) is 10.5. The van der Waals surface area contributed by atoms with Crippen molar-refractivity contribution in [3.63, 3.8) is 0 Å². The summed E-state index contributed by atoms with van der Waals surface area (Å²) in [4.78, 5) is 23.3. The SMILES string of the molecule is O=C(CCl)Nc1cc(O)c(NC(=O)c2ccccc2)cc1Cl. The highest BCUT2D eigenvalue weighted by atomic mass is 35.5. The van der Waals surface area contributed by atoms with Gasteiger partial charge in [-0.25, -0.2) is 0 Å². The molecule has 0 bridgehead atoms. The molecule has 5 nitrogen and oxygen atoms in total. The molecule has 2 rings (SSSR count). The second-order valence-corrected chi connectivity index (χ2v) is 5.03. The van der Waals surface area contributed by atoms with E-state index in [1.807, 2.05) is 0 Å². The summed E-state index contributed by atoms with van der Waals surface area (Å²) in [5, 5.41) is 15.1. The minimum absolute atomic E-state index is 0.141. The first-order valence-electron chi connectivity index (χ1n) is 6.26. The highest BCUT2D eigenvalue weighted by molar-refractivity contribution is 6.35. The number of hydrogen-bond acceptors (Lipinski definition) is 3. The molecule has 0 aliphatic carbocycles. The van der Waals surface area contributed by atoms with Crippen LogP contribution in [0, 0.1) is 0 Å². The maximum atomic E-state index is 12.0. The van der Waals surface area contributed by atoms with Gasteiger partial charge in [-0.2, -0.15) is 0 Å². The van der Waals surface area contributed by atoms with Crippen molar-refractivity contribution in [3.05, 3.63) is 53.1 Å². The first kappa shape index (κ1) is 16.1. The number of rotatable bonds is 4. The van der Waals surface area contributed by atoms with E-state index in [9.17, 15) is 14.7 Å². The second-order valence-electron chi connectivity index (χ2n) is 4.35. The molecule has 2 amide bonds. The summed E-state index contributed by atoms with van der Waals surface area (Å²) in [6.45, 7) is 0. The summed E-state index contributed by atoms with van der Waals surface area (Å²) < 4.78 is 0. The van der Waals surface area contributed by atoms with Gasteiger partial charge in [0, 0.05) is 11.6 Å². The molecule has 0 saturated carbocycles. The Kier molecular flexibility index (Phi) is 5.25. The van der Waals surface area contributed by atoms with Crippen molar-refractivity contribution >= 4 is 46.4 Å². The minimum Gasteiger partial charge on any atom is -0.506 e. The quantitative estimate of drug-likeness (QED) is 0.589. The van der Waals surface area contributed by atoms with Crippen LogP contribution in [0.3, 0.4) is 0 Å². The lowest BCUT2D eigenvalue weighted by molar-refractivity contribution is -0.113. The number of amides is 2. The monoisotopic (exact) mass is 338 g/mol. The molecule has 22 heavy (non-hydrogen) atoms. The molecule has 0 heterocycles. The summed E-state index contributed by atoms with van der Waals surface area (Å²) in [6, 6.07) is 11.1. The fourth-order valence-corrected chi connectivity index (χ4v) is 2.00. The summed E-state index contributed by atoms with van der Waals surface area (Å²) in [5.74, 6) is -1.30. The fraction of sp³-hybridized carbons (Fsp3) is 0.0667. The molecule has 3 N–H and O–H groups in total. The number of hydrogen-bond donors (Lipinski definition) is 3. The van der Waals surface area contributed by atoms with Crippen molar-refractivity contribution in [1.82, 2.24) is 0 Å². The Hall–Kier alpha value is -2.24. The number of benzene rings is 2. The van der Waals surface area contributed by atoms with Crippen molar-refractivity contribution in [3.8, 4) is 5.75 Å². The molecule has 0 spiro atoms. The lowest BCUT2D eigenvalue weighted by Crippen LogP contribution is -2.14. The highest BCUT2D eigenvalue weighted by Crippen LogP contribution is 2.34. The van der Waals surface area contributed by atoms with Gasteiger partial charge in [0.05, 0.1) is 16.4 Å². The lowest BCUT2D eigenvalue weighted by Gasteiger charge is -2.11. The van der Waals surface area contributed by atoms with Crippen LogP contribution >= 0.6 is 23.2 Å². The van der Waals surface area contributed by atoms with Gasteiger partial charge in [0.2, 0.25) is 5.91 Å². The van der Waals surface area contributed by atoms with Crippen molar-refractivity contribution < 1.29 is 14.7 Å². The van der Waals surface area contributed by atoms with Crippen LogP contribution in [-0.4, -0.2) is 22.8 Å². The van der Waals surface area contributed by atoms with Gasteiger partial charge in [-0.1, -0.05) is 29.8 Å². The van der Waals surface area contributed by atoms with E-state index in [1.54, 1.807) is 30.3 Å². The average molecular weight is 339 g/mol. The zero-order chi connectivity index (χ0) is 16.1. The van der Waals surface area contributed by atoms with Crippen LogP contribution in [0.2, 0.25) is 5.02 Å².